The fraction of sp³-hybridized carbons (Fsp3) is 0.143. The van der Waals surface area contributed by atoms with E-state index in [0.717, 1.165) is 6.07 Å². The van der Waals surface area contributed by atoms with Gasteiger partial charge >= 0.3 is 15.8 Å². The highest BCUT2D eigenvalue weighted by Gasteiger charge is 2.24. The van der Waals surface area contributed by atoms with E-state index in [2.05, 4.69) is 4.18 Å². The van der Waals surface area contributed by atoms with E-state index in [4.69, 9.17) is 11.6 Å². The Labute approximate surface area is 94.9 Å². The normalized spacial score (nSPS) is 11.1. The summed E-state index contributed by atoms with van der Waals surface area (Å²) in [5, 5.41) is 10.2. The molecular weight excluding hydrogens is 265 g/mol. The van der Waals surface area contributed by atoms with Crippen LogP contribution in [0.25, 0.3) is 0 Å². The SMILES string of the molecule is O=[N+]([O-])c1cccc(Cl)c1OS(=O)(=O)CF. The van der Waals surface area contributed by atoms with E-state index in [1.807, 2.05) is 0 Å². The molecule has 0 aliphatic rings. The molecule has 9 heteroatoms. The average Bonchev–Trinajstić information content (AvgIpc) is 2.20. The molecule has 0 saturated carbocycles. The van der Waals surface area contributed by atoms with Crippen LogP contribution in [0, 0.1) is 10.1 Å². The van der Waals surface area contributed by atoms with Crippen LogP contribution in [0.2, 0.25) is 5.02 Å². The average molecular weight is 270 g/mol. The Morgan fingerprint density at radius 1 is 1.50 bits per heavy atom. The summed E-state index contributed by atoms with van der Waals surface area (Å²) in [6.07, 6.45) is 0. The highest BCUT2D eigenvalue weighted by molar-refractivity contribution is 7.86. The molecule has 0 aliphatic heterocycles. The highest BCUT2D eigenvalue weighted by Crippen LogP contribution is 2.35. The van der Waals surface area contributed by atoms with Crippen LogP contribution in [0.1, 0.15) is 0 Å². The van der Waals surface area contributed by atoms with Gasteiger partial charge in [-0.15, -0.1) is 0 Å². The van der Waals surface area contributed by atoms with Crippen LogP contribution in [-0.4, -0.2) is 19.3 Å². The van der Waals surface area contributed by atoms with Crippen LogP contribution < -0.4 is 4.18 Å². The molecule has 1 rings (SSSR count). The molecule has 0 amide bonds. The van der Waals surface area contributed by atoms with Gasteiger partial charge in [-0.1, -0.05) is 17.7 Å². The minimum atomic E-state index is -4.51. The van der Waals surface area contributed by atoms with Crippen molar-refractivity contribution >= 4 is 27.4 Å². The molecule has 0 N–H and O–H groups in total. The standard InChI is InChI=1S/C7H5ClFNO5S/c8-5-2-1-3-6(10(11)12)7(5)15-16(13,14)4-9/h1-3H,4H2. The Morgan fingerprint density at radius 3 is 2.62 bits per heavy atom. The molecule has 1 aromatic rings. The molecule has 0 saturated heterocycles. The topological polar surface area (TPSA) is 86.5 Å². The maximum atomic E-state index is 12.0. The van der Waals surface area contributed by atoms with Gasteiger partial charge in [0.15, 0.2) is 0 Å². The summed E-state index contributed by atoms with van der Waals surface area (Å²) in [5.74, 6) is -0.688. The highest BCUT2D eigenvalue weighted by atomic mass is 35.5. The number of nitro groups is 1. The number of alkyl halides is 1. The van der Waals surface area contributed by atoms with Crippen molar-refractivity contribution in [3.05, 3.63) is 33.3 Å². The van der Waals surface area contributed by atoms with Crippen LogP contribution in [0.15, 0.2) is 18.2 Å². The molecule has 88 valence electrons. The first-order valence-corrected chi connectivity index (χ1v) is 5.74. The molecule has 0 aliphatic carbocycles. The van der Waals surface area contributed by atoms with Gasteiger partial charge in [-0.25, -0.2) is 4.39 Å². The molecular formula is C7H5ClFNO5S. The quantitative estimate of drug-likeness (QED) is 0.473. The Kier molecular flexibility index (Phi) is 3.66. The Hall–Kier alpha value is -1.41. The lowest BCUT2D eigenvalue weighted by Crippen LogP contribution is -2.12. The third-order valence-corrected chi connectivity index (χ3v) is 2.47. The second kappa shape index (κ2) is 4.62. The molecule has 16 heavy (non-hydrogen) atoms. The second-order valence-electron chi connectivity index (χ2n) is 2.60. The molecule has 0 spiro atoms. The van der Waals surface area contributed by atoms with Crippen LogP contribution in [-0.2, 0) is 10.1 Å². The summed E-state index contributed by atoms with van der Waals surface area (Å²) in [6, 6.07) is 1.64. The molecule has 0 radical (unpaired) electrons. The van der Waals surface area contributed by atoms with Crippen molar-refractivity contribution < 1.29 is 21.9 Å². The van der Waals surface area contributed by atoms with Gasteiger partial charge < -0.3 is 4.18 Å². The molecule has 0 aromatic heterocycles. The van der Waals surface area contributed by atoms with Gasteiger partial charge in [0.1, 0.15) is 0 Å². The third-order valence-electron chi connectivity index (χ3n) is 1.49. The van der Waals surface area contributed by atoms with E-state index in [9.17, 15) is 22.9 Å². The van der Waals surface area contributed by atoms with Gasteiger partial charge in [-0.2, -0.15) is 8.42 Å². The van der Waals surface area contributed by atoms with Gasteiger partial charge in [-0.05, 0) is 6.07 Å². The molecule has 6 nitrogen and oxygen atoms in total. The largest absolute Gasteiger partial charge is 0.372 e. The van der Waals surface area contributed by atoms with Crippen molar-refractivity contribution in [1.29, 1.82) is 0 Å². The van der Waals surface area contributed by atoms with Crippen molar-refractivity contribution in [2.45, 2.75) is 0 Å². The lowest BCUT2D eigenvalue weighted by molar-refractivity contribution is -0.385. The number of halogens is 2. The zero-order chi connectivity index (χ0) is 12.3. The fourth-order valence-corrected chi connectivity index (χ4v) is 1.60. The number of benzene rings is 1. The number of hydrogen-bond donors (Lipinski definition) is 0. The molecule has 0 heterocycles. The lowest BCUT2D eigenvalue weighted by Gasteiger charge is -2.05. The first-order valence-electron chi connectivity index (χ1n) is 3.78. The summed E-state index contributed by atoms with van der Waals surface area (Å²) in [6.45, 7) is 0. The van der Waals surface area contributed by atoms with Crippen molar-refractivity contribution in [1.82, 2.24) is 0 Å². The zero-order valence-corrected chi connectivity index (χ0v) is 9.16. The van der Waals surface area contributed by atoms with E-state index in [0.29, 0.717) is 0 Å². The Balaban J connectivity index is 3.27. The Bertz CT molecular complexity index is 518. The van der Waals surface area contributed by atoms with Gasteiger partial charge in [0.05, 0.1) is 9.95 Å². The lowest BCUT2D eigenvalue weighted by atomic mass is 10.3. The van der Waals surface area contributed by atoms with Crippen molar-refractivity contribution in [3.63, 3.8) is 0 Å². The molecule has 0 bridgehead atoms. The number of nitro benzene ring substituents is 1. The van der Waals surface area contributed by atoms with Crippen molar-refractivity contribution in [2.75, 3.05) is 6.01 Å². The van der Waals surface area contributed by atoms with E-state index < -0.39 is 32.5 Å². The smallest absolute Gasteiger partial charge is 0.339 e. The predicted octanol–water partition coefficient (Wildman–Crippen LogP) is 1.88. The summed E-state index contributed by atoms with van der Waals surface area (Å²) in [4.78, 5) is 9.65. The molecule has 1 aromatic carbocycles. The van der Waals surface area contributed by atoms with Crippen molar-refractivity contribution in [3.8, 4) is 5.75 Å². The monoisotopic (exact) mass is 269 g/mol. The molecule has 0 unspecified atom stereocenters. The molecule has 0 atom stereocenters. The zero-order valence-electron chi connectivity index (χ0n) is 7.59. The van der Waals surface area contributed by atoms with E-state index in [1.165, 1.54) is 12.1 Å². The first-order chi connectivity index (χ1) is 7.37. The summed E-state index contributed by atoms with van der Waals surface area (Å²) >= 11 is 5.52. The Morgan fingerprint density at radius 2 is 2.12 bits per heavy atom. The van der Waals surface area contributed by atoms with Gasteiger partial charge in [0, 0.05) is 6.07 Å². The minimum absolute atomic E-state index is 0.286. The van der Waals surface area contributed by atoms with Crippen molar-refractivity contribution in [2.24, 2.45) is 0 Å². The van der Waals surface area contributed by atoms with Gasteiger partial charge in [0.25, 0.3) is 0 Å². The van der Waals surface area contributed by atoms with E-state index in [1.54, 1.807) is 0 Å². The van der Waals surface area contributed by atoms with E-state index in [-0.39, 0.29) is 5.02 Å². The third kappa shape index (κ3) is 2.80. The number of rotatable bonds is 4. The van der Waals surface area contributed by atoms with Crippen LogP contribution in [0.5, 0.6) is 5.75 Å². The number of nitrogens with zero attached hydrogens (tertiary/aromatic N) is 1. The summed E-state index contributed by atoms with van der Waals surface area (Å²) in [5.41, 5.74) is -0.649. The van der Waals surface area contributed by atoms with Gasteiger partial charge in [-0.3, -0.25) is 10.1 Å². The maximum Gasteiger partial charge on any atom is 0.339 e. The van der Waals surface area contributed by atoms with Crippen LogP contribution >= 0.6 is 11.6 Å². The summed E-state index contributed by atoms with van der Waals surface area (Å²) in [7, 11) is -4.51. The first kappa shape index (κ1) is 12.7. The maximum absolute atomic E-state index is 12.0. The predicted molar refractivity (Wildman–Crippen MR) is 53.6 cm³/mol. The van der Waals surface area contributed by atoms with Crippen LogP contribution in [0.3, 0.4) is 0 Å². The number of hydrogen-bond acceptors (Lipinski definition) is 5. The fourth-order valence-electron chi connectivity index (χ4n) is 0.873. The van der Waals surface area contributed by atoms with Gasteiger partial charge in [0.2, 0.25) is 11.8 Å². The minimum Gasteiger partial charge on any atom is -0.372 e. The second-order valence-corrected chi connectivity index (χ2v) is 4.50. The molecule has 0 fully saturated rings. The number of para-hydroxylation sites is 1. The van der Waals surface area contributed by atoms with E-state index >= 15 is 0 Å². The van der Waals surface area contributed by atoms with Crippen LogP contribution in [0.4, 0.5) is 10.1 Å². The summed E-state index contributed by atoms with van der Waals surface area (Å²) < 4.78 is 37.8.